The maximum Gasteiger partial charge on any atom is 0.307 e. The van der Waals surface area contributed by atoms with E-state index < -0.39 is 0 Å². The van der Waals surface area contributed by atoms with Crippen LogP contribution in [0.4, 0.5) is 0 Å². The minimum absolute atomic E-state index is 0.113. The number of benzene rings is 1. The first-order chi connectivity index (χ1) is 14.0. The maximum absolute atomic E-state index is 11.5. The maximum atomic E-state index is 11.5. The van der Waals surface area contributed by atoms with E-state index in [1.165, 1.54) is 5.56 Å². The molecule has 1 aliphatic carbocycles. The summed E-state index contributed by atoms with van der Waals surface area (Å²) >= 11 is 2.65. The minimum atomic E-state index is -0.286. The number of nitrogens with zero attached hydrogens (tertiary/aromatic N) is 1. The van der Waals surface area contributed by atoms with Crippen molar-refractivity contribution in [1.29, 1.82) is 5.41 Å². The van der Waals surface area contributed by atoms with Crippen molar-refractivity contribution in [2.75, 3.05) is 0 Å². The number of aromatic amines is 1. The van der Waals surface area contributed by atoms with E-state index in [0.717, 1.165) is 47.3 Å². The molecule has 0 aliphatic heterocycles. The number of aromatic nitrogens is 2. The molecule has 5 rings (SSSR count). The zero-order valence-electron chi connectivity index (χ0n) is 15.3. The van der Waals surface area contributed by atoms with Crippen molar-refractivity contribution in [3.8, 4) is 5.88 Å². The van der Waals surface area contributed by atoms with Crippen LogP contribution in [-0.4, -0.2) is 20.8 Å². The van der Waals surface area contributed by atoms with Crippen LogP contribution in [0.1, 0.15) is 16.0 Å². The van der Waals surface area contributed by atoms with Gasteiger partial charge in [-0.05, 0) is 59.7 Å². The molecule has 5 nitrogen and oxygen atoms in total. The van der Waals surface area contributed by atoms with Gasteiger partial charge in [0.1, 0.15) is 0 Å². The summed E-state index contributed by atoms with van der Waals surface area (Å²) in [7, 11) is 0. The first kappa shape index (κ1) is 17.8. The van der Waals surface area contributed by atoms with Crippen LogP contribution in [-0.2, 0) is 0 Å². The summed E-state index contributed by atoms with van der Waals surface area (Å²) in [5.74, 6) is -0.113. The van der Waals surface area contributed by atoms with E-state index in [1.807, 2.05) is 48.7 Å². The van der Waals surface area contributed by atoms with Crippen molar-refractivity contribution >= 4 is 57.5 Å². The van der Waals surface area contributed by atoms with Gasteiger partial charge in [0.2, 0.25) is 5.88 Å². The Bertz CT molecular complexity index is 1620. The molecule has 0 fully saturated rings. The number of allylic oxidation sites excluding steroid dienone is 1. The molecule has 0 saturated heterocycles. The second kappa shape index (κ2) is 6.65. The van der Waals surface area contributed by atoms with Gasteiger partial charge in [0.05, 0.1) is 16.1 Å². The van der Waals surface area contributed by atoms with Gasteiger partial charge in [0, 0.05) is 25.9 Å². The molecule has 4 aromatic rings. The highest BCUT2D eigenvalue weighted by Gasteiger charge is 2.09. The fourth-order valence-electron chi connectivity index (χ4n) is 3.52. The Morgan fingerprint density at radius 2 is 2.07 bits per heavy atom. The number of pyridine rings is 1. The number of hydrogen-bond donors (Lipinski definition) is 3. The van der Waals surface area contributed by atoms with Gasteiger partial charge in [-0.3, -0.25) is 14.8 Å². The van der Waals surface area contributed by atoms with Gasteiger partial charge < -0.3 is 10.5 Å². The highest BCUT2D eigenvalue weighted by molar-refractivity contribution is 7.10. The lowest BCUT2D eigenvalue weighted by Gasteiger charge is -1.99. The van der Waals surface area contributed by atoms with E-state index in [-0.39, 0.29) is 10.8 Å². The number of thiophene rings is 1. The van der Waals surface area contributed by atoms with Gasteiger partial charge in [-0.15, -0.1) is 11.3 Å². The zero-order chi connectivity index (χ0) is 20.1. The number of nitrogens with one attached hydrogen (secondary N) is 2. The molecule has 7 heteroatoms. The van der Waals surface area contributed by atoms with Crippen LogP contribution in [0.5, 0.6) is 5.88 Å². The molecule has 0 bridgehead atoms. The Hall–Kier alpha value is -3.29. The zero-order valence-corrected chi connectivity index (χ0v) is 16.9. The van der Waals surface area contributed by atoms with E-state index in [1.54, 1.807) is 17.4 Å². The van der Waals surface area contributed by atoms with Crippen LogP contribution in [0.2, 0.25) is 0 Å². The average molecular weight is 418 g/mol. The van der Waals surface area contributed by atoms with Gasteiger partial charge in [0.25, 0.3) is 0 Å². The van der Waals surface area contributed by atoms with Crippen LogP contribution >= 0.6 is 22.7 Å². The van der Waals surface area contributed by atoms with Gasteiger partial charge in [-0.1, -0.05) is 23.5 Å². The van der Waals surface area contributed by atoms with Crippen LogP contribution < -0.4 is 14.6 Å². The number of hydrogen-bond acceptors (Lipinski definition) is 6. The van der Waals surface area contributed by atoms with E-state index in [0.29, 0.717) is 10.6 Å². The van der Waals surface area contributed by atoms with E-state index >= 15 is 0 Å². The van der Waals surface area contributed by atoms with E-state index in [4.69, 9.17) is 5.41 Å². The minimum Gasteiger partial charge on any atom is -0.493 e. The van der Waals surface area contributed by atoms with Gasteiger partial charge in [0.15, 0.2) is 0 Å². The molecule has 3 N–H and O–H groups in total. The molecule has 1 aromatic carbocycles. The molecule has 1 aliphatic rings. The Kier molecular flexibility index (Phi) is 4.08. The molecule has 29 heavy (non-hydrogen) atoms. The summed E-state index contributed by atoms with van der Waals surface area (Å²) in [5, 5.41) is 20.7. The van der Waals surface area contributed by atoms with Crippen molar-refractivity contribution in [1.82, 2.24) is 9.97 Å². The third-order valence-electron chi connectivity index (χ3n) is 4.90. The monoisotopic (exact) mass is 417 g/mol. The molecule has 0 spiro atoms. The average Bonchev–Trinajstić information content (AvgIpc) is 3.19. The Balaban J connectivity index is 1.88. The molecule has 142 valence electrons. The van der Waals surface area contributed by atoms with Crippen molar-refractivity contribution in [3.05, 3.63) is 81.7 Å². The summed E-state index contributed by atoms with van der Waals surface area (Å²) in [4.78, 5) is 18.6. The summed E-state index contributed by atoms with van der Waals surface area (Å²) in [6, 6.07) is 7.91. The molecule has 0 saturated carbocycles. The van der Waals surface area contributed by atoms with Crippen molar-refractivity contribution < 1.29 is 5.11 Å². The normalized spacial score (nSPS) is 14.9. The molecular weight excluding hydrogens is 402 g/mol. The van der Waals surface area contributed by atoms with Crippen LogP contribution in [0.3, 0.4) is 0 Å². The van der Waals surface area contributed by atoms with Crippen LogP contribution in [0, 0.1) is 22.1 Å². The topological polar surface area (TPSA) is 89.8 Å². The fourth-order valence-corrected chi connectivity index (χ4v) is 5.49. The first-order valence-corrected chi connectivity index (χ1v) is 10.5. The van der Waals surface area contributed by atoms with Gasteiger partial charge >= 0.3 is 4.87 Å². The number of rotatable bonds is 1. The van der Waals surface area contributed by atoms with E-state index in [9.17, 15) is 9.90 Å². The third-order valence-corrected chi connectivity index (χ3v) is 7.01. The molecule has 0 atom stereocenters. The summed E-state index contributed by atoms with van der Waals surface area (Å²) < 4.78 is 2.25. The van der Waals surface area contributed by atoms with Crippen molar-refractivity contribution in [2.24, 2.45) is 0 Å². The van der Waals surface area contributed by atoms with Crippen molar-refractivity contribution in [2.45, 2.75) is 6.92 Å². The molecule has 0 radical (unpaired) electrons. The second-order valence-electron chi connectivity index (χ2n) is 6.77. The third kappa shape index (κ3) is 3.04. The lowest BCUT2D eigenvalue weighted by atomic mass is 10.1. The lowest BCUT2D eigenvalue weighted by Crippen LogP contribution is -2.05. The predicted molar refractivity (Wildman–Crippen MR) is 119 cm³/mol. The summed E-state index contributed by atoms with van der Waals surface area (Å²) in [6.07, 6.45) is 9.32. The van der Waals surface area contributed by atoms with Crippen LogP contribution in [0.25, 0.3) is 29.1 Å². The Morgan fingerprint density at radius 1 is 1.21 bits per heavy atom. The molecule has 3 aromatic heterocycles. The molecular formula is C22H15N3O2S2. The largest absolute Gasteiger partial charge is 0.493 e. The predicted octanol–water partition coefficient (Wildman–Crippen LogP) is 3.00. The van der Waals surface area contributed by atoms with E-state index in [2.05, 4.69) is 16.9 Å². The Labute approximate surface area is 172 Å². The number of thiazole rings is 1. The van der Waals surface area contributed by atoms with Gasteiger partial charge in [-0.25, -0.2) is 0 Å². The summed E-state index contributed by atoms with van der Waals surface area (Å²) in [5.41, 5.74) is 3.74. The fraction of sp³-hybridized carbons (Fsp3) is 0.0455. The Morgan fingerprint density at radius 3 is 2.86 bits per heavy atom. The van der Waals surface area contributed by atoms with Crippen molar-refractivity contribution in [3.63, 3.8) is 0 Å². The lowest BCUT2D eigenvalue weighted by molar-refractivity contribution is 0.455. The molecule has 3 heterocycles. The highest BCUT2D eigenvalue weighted by Crippen LogP contribution is 2.20. The second-order valence-corrected chi connectivity index (χ2v) is 8.84. The van der Waals surface area contributed by atoms with Crippen LogP contribution in [0.15, 0.2) is 41.3 Å². The first-order valence-electron chi connectivity index (χ1n) is 8.90. The molecule has 0 amide bonds. The van der Waals surface area contributed by atoms with Gasteiger partial charge in [-0.2, -0.15) is 0 Å². The number of fused-ring (bicyclic) bond motifs is 2. The smallest absolute Gasteiger partial charge is 0.307 e. The highest BCUT2D eigenvalue weighted by atomic mass is 32.1. The number of aromatic hydroxyl groups is 1. The summed E-state index contributed by atoms with van der Waals surface area (Å²) in [6.45, 7) is 2.11. The molecule has 0 unspecified atom stereocenters. The SMILES string of the molecule is Cc1c2c(sc1=c1ccnc3ccc(=Cc4sc(=O)[nH]c4O)cc13)=CC(=N)C=C2. The standard InChI is InChI=1S/C22H15N3O2S2/c1-11-14-4-3-13(23)10-18(14)28-20(11)15-6-7-24-17-5-2-12(8-16(15)17)9-19-21(26)25-22(27)29-19/h2-10,23,26H,1H3,(H,25,27). The number of H-pyrrole nitrogens is 1. The quantitative estimate of drug-likeness (QED) is 0.445.